The van der Waals surface area contributed by atoms with Crippen LogP contribution in [0, 0.1) is 6.92 Å². The zero-order chi connectivity index (χ0) is 17.3. The molecule has 0 atom stereocenters. The molecular formula is C19H26N4OS. The van der Waals surface area contributed by atoms with Crippen molar-refractivity contribution >= 4 is 22.7 Å². The lowest BCUT2D eigenvalue weighted by Gasteiger charge is -2.26. The first-order valence-corrected chi connectivity index (χ1v) is 9.84. The Morgan fingerprint density at radius 3 is 3.00 bits per heavy atom. The van der Waals surface area contributed by atoms with Crippen molar-refractivity contribution in [2.75, 3.05) is 31.7 Å². The molecule has 25 heavy (non-hydrogen) atoms. The standard InChI is InChI=1S/C19H26N4OS/c1-16-15-25-19(21-16)22-20-14-17-7-5-8-18(13-17)24-12-6-11-23-9-3-2-4-10-23/h5,7-8,13-15H,2-4,6,9-12H2,1H3,(H,21,22). The summed E-state index contributed by atoms with van der Waals surface area (Å²) in [6.07, 6.45) is 6.94. The molecule has 5 nitrogen and oxygen atoms in total. The van der Waals surface area contributed by atoms with Crippen LogP contribution in [0.5, 0.6) is 5.75 Å². The number of aromatic nitrogens is 1. The van der Waals surface area contributed by atoms with Gasteiger partial charge in [0.25, 0.3) is 0 Å². The molecule has 0 amide bonds. The highest BCUT2D eigenvalue weighted by atomic mass is 32.1. The third kappa shape index (κ3) is 6.14. The number of hydrazone groups is 1. The molecule has 0 spiro atoms. The Hall–Kier alpha value is -1.92. The maximum absolute atomic E-state index is 5.89. The number of aryl methyl sites for hydroxylation is 1. The molecule has 1 fully saturated rings. The Morgan fingerprint density at radius 1 is 1.32 bits per heavy atom. The lowest BCUT2D eigenvalue weighted by atomic mass is 10.1. The van der Waals surface area contributed by atoms with Gasteiger partial charge in [-0.3, -0.25) is 5.43 Å². The Kier molecular flexibility index (Phi) is 6.82. The largest absolute Gasteiger partial charge is 0.494 e. The van der Waals surface area contributed by atoms with Gasteiger partial charge >= 0.3 is 0 Å². The van der Waals surface area contributed by atoms with Crippen LogP contribution in [0.4, 0.5) is 5.13 Å². The molecule has 1 aromatic carbocycles. The fraction of sp³-hybridized carbons (Fsp3) is 0.474. The van der Waals surface area contributed by atoms with Gasteiger partial charge < -0.3 is 9.64 Å². The highest BCUT2D eigenvalue weighted by Gasteiger charge is 2.09. The Morgan fingerprint density at radius 2 is 2.20 bits per heavy atom. The molecule has 6 heteroatoms. The lowest BCUT2D eigenvalue weighted by Crippen LogP contribution is -2.31. The minimum Gasteiger partial charge on any atom is -0.494 e. The van der Waals surface area contributed by atoms with E-state index in [0.717, 1.165) is 41.7 Å². The molecule has 2 aromatic rings. The summed E-state index contributed by atoms with van der Waals surface area (Å²) in [7, 11) is 0. The van der Waals surface area contributed by atoms with Crippen LogP contribution in [0.15, 0.2) is 34.7 Å². The van der Waals surface area contributed by atoms with Gasteiger partial charge in [0.1, 0.15) is 5.75 Å². The first-order chi connectivity index (χ1) is 12.3. The first kappa shape index (κ1) is 17.9. The second kappa shape index (κ2) is 9.53. The summed E-state index contributed by atoms with van der Waals surface area (Å²) in [4.78, 5) is 6.86. The van der Waals surface area contributed by atoms with Crippen LogP contribution in [0.25, 0.3) is 0 Å². The minimum atomic E-state index is 0.758. The summed E-state index contributed by atoms with van der Waals surface area (Å²) < 4.78 is 5.89. The van der Waals surface area contributed by atoms with Crippen molar-refractivity contribution in [3.63, 3.8) is 0 Å². The quantitative estimate of drug-likeness (QED) is 0.437. The number of ether oxygens (including phenoxy) is 1. The molecule has 134 valence electrons. The van der Waals surface area contributed by atoms with Crippen LogP contribution in [-0.2, 0) is 0 Å². The number of rotatable bonds is 8. The second-order valence-electron chi connectivity index (χ2n) is 6.34. The predicted octanol–water partition coefficient (Wildman–Crippen LogP) is 4.15. The number of likely N-dealkylation sites (tertiary alicyclic amines) is 1. The molecule has 0 unspecified atom stereocenters. The topological polar surface area (TPSA) is 49.8 Å². The van der Waals surface area contributed by atoms with E-state index < -0.39 is 0 Å². The average Bonchev–Trinajstić information content (AvgIpc) is 3.05. The SMILES string of the molecule is Cc1csc(NN=Cc2cccc(OCCCN3CCCCC3)c2)n1. The van der Waals surface area contributed by atoms with E-state index in [-0.39, 0.29) is 0 Å². The molecule has 2 heterocycles. The maximum Gasteiger partial charge on any atom is 0.203 e. The van der Waals surface area contributed by atoms with Crippen LogP contribution in [-0.4, -0.2) is 42.3 Å². The molecule has 1 saturated heterocycles. The Balaban J connectivity index is 1.41. The van der Waals surface area contributed by atoms with E-state index in [2.05, 4.69) is 20.4 Å². The smallest absolute Gasteiger partial charge is 0.203 e. The number of hydrogen-bond acceptors (Lipinski definition) is 6. The van der Waals surface area contributed by atoms with E-state index in [1.165, 1.54) is 32.4 Å². The molecule has 0 saturated carbocycles. The van der Waals surface area contributed by atoms with Crippen molar-refractivity contribution < 1.29 is 4.74 Å². The van der Waals surface area contributed by atoms with E-state index in [9.17, 15) is 0 Å². The molecule has 0 aliphatic carbocycles. The van der Waals surface area contributed by atoms with Gasteiger partial charge in [0.05, 0.1) is 18.5 Å². The molecule has 1 aliphatic rings. The molecule has 1 N–H and O–H groups in total. The zero-order valence-corrected chi connectivity index (χ0v) is 15.6. The minimum absolute atomic E-state index is 0.758. The van der Waals surface area contributed by atoms with Crippen molar-refractivity contribution in [2.45, 2.75) is 32.6 Å². The summed E-state index contributed by atoms with van der Waals surface area (Å²) in [6, 6.07) is 8.02. The van der Waals surface area contributed by atoms with Crippen LogP contribution in [0.3, 0.4) is 0 Å². The highest BCUT2D eigenvalue weighted by molar-refractivity contribution is 7.13. The molecule has 1 aromatic heterocycles. The normalized spacial score (nSPS) is 15.6. The number of anilines is 1. The summed E-state index contributed by atoms with van der Waals surface area (Å²) in [5.41, 5.74) is 4.96. The summed E-state index contributed by atoms with van der Waals surface area (Å²) in [6.45, 7) is 6.36. The van der Waals surface area contributed by atoms with E-state index in [0.29, 0.717) is 0 Å². The van der Waals surface area contributed by atoms with Crippen molar-refractivity contribution in [3.05, 3.63) is 40.9 Å². The van der Waals surface area contributed by atoms with Crippen LogP contribution < -0.4 is 10.2 Å². The van der Waals surface area contributed by atoms with Crippen molar-refractivity contribution in [1.82, 2.24) is 9.88 Å². The van der Waals surface area contributed by atoms with Crippen LogP contribution in [0.2, 0.25) is 0 Å². The number of benzene rings is 1. The van der Waals surface area contributed by atoms with Crippen molar-refractivity contribution in [2.24, 2.45) is 5.10 Å². The lowest BCUT2D eigenvalue weighted by molar-refractivity contribution is 0.205. The summed E-state index contributed by atoms with van der Waals surface area (Å²) in [5, 5.41) is 7.04. The molecular weight excluding hydrogens is 332 g/mol. The molecule has 1 aliphatic heterocycles. The van der Waals surface area contributed by atoms with Gasteiger partial charge in [-0.2, -0.15) is 5.10 Å². The Bertz CT molecular complexity index is 680. The number of nitrogens with zero attached hydrogens (tertiary/aromatic N) is 3. The monoisotopic (exact) mass is 358 g/mol. The number of thiazole rings is 1. The van der Waals surface area contributed by atoms with Gasteiger partial charge in [-0.15, -0.1) is 11.3 Å². The molecule has 3 rings (SSSR count). The van der Waals surface area contributed by atoms with Gasteiger partial charge in [-0.05, 0) is 57.0 Å². The van der Waals surface area contributed by atoms with Gasteiger partial charge in [-0.1, -0.05) is 18.6 Å². The van der Waals surface area contributed by atoms with E-state index in [1.54, 1.807) is 17.6 Å². The second-order valence-corrected chi connectivity index (χ2v) is 7.20. The number of nitrogens with one attached hydrogen (secondary N) is 1. The zero-order valence-electron chi connectivity index (χ0n) is 14.8. The van der Waals surface area contributed by atoms with Gasteiger partial charge in [0, 0.05) is 11.9 Å². The van der Waals surface area contributed by atoms with E-state index in [1.807, 2.05) is 36.6 Å². The van der Waals surface area contributed by atoms with Crippen LogP contribution >= 0.6 is 11.3 Å². The summed E-state index contributed by atoms with van der Waals surface area (Å²) >= 11 is 1.55. The Labute approximate surface area is 153 Å². The van der Waals surface area contributed by atoms with E-state index in [4.69, 9.17) is 4.74 Å². The van der Waals surface area contributed by atoms with Gasteiger partial charge in [0.15, 0.2) is 0 Å². The number of piperidine rings is 1. The van der Waals surface area contributed by atoms with Gasteiger partial charge in [-0.25, -0.2) is 4.98 Å². The molecule has 0 radical (unpaired) electrons. The number of hydrogen-bond donors (Lipinski definition) is 1. The van der Waals surface area contributed by atoms with Gasteiger partial charge in [0.2, 0.25) is 5.13 Å². The van der Waals surface area contributed by atoms with Crippen LogP contribution in [0.1, 0.15) is 36.9 Å². The third-order valence-electron chi connectivity index (χ3n) is 4.19. The van der Waals surface area contributed by atoms with E-state index >= 15 is 0 Å². The summed E-state index contributed by atoms with van der Waals surface area (Å²) in [5.74, 6) is 0.896. The highest BCUT2D eigenvalue weighted by Crippen LogP contribution is 2.15. The molecule has 0 bridgehead atoms. The van der Waals surface area contributed by atoms with Crippen molar-refractivity contribution in [1.29, 1.82) is 0 Å². The fourth-order valence-electron chi connectivity index (χ4n) is 2.91. The third-order valence-corrected chi connectivity index (χ3v) is 5.05. The fourth-order valence-corrected chi connectivity index (χ4v) is 3.55. The predicted molar refractivity (Wildman–Crippen MR) is 105 cm³/mol. The average molecular weight is 359 g/mol. The maximum atomic E-state index is 5.89. The van der Waals surface area contributed by atoms with Crippen molar-refractivity contribution in [3.8, 4) is 5.75 Å². The first-order valence-electron chi connectivity index (χ1n) is 8.96.